The normalized spacial score (nSPS) is 11.1. The average molecular weight is 278 g/mol. The molecule has 1 amide bonds. The van der Waals surface area contributed by atoms with Crippen LogP contribution in [0.15, 0.2) is 18.3 Å². The molecule has 0 saturated carbocycles. The maximum atomic E-state index is 11.7. The van der Waals surface area contributed by atoms with Gasteiger partial charge in [0, 0.05) is 18.3 Å². The molecule has 20 heavy (non-hydrogen) atoms. The molecule has 1 aromatic heterocycles. The molecule has 0 spiro atoms. The van der Waals surface area contributed by atoms with Crippen LogP contribution in [0.3, 0.4) is 0 Å². The summed E-state index contributed by atoms with van der Waals surface area (Å²) in [5.41, 5.74) is 6.91. The van der Waals surface area contributed by atoms with E-state index in [4.69, 9.17) is 5.73 Å². The van der Waals surface area contributed by atoms with Crippen LogP contribution in [-0.2, 0) is 11.2 Å². The van der Waals surface area contributed by atoms with Gasteiger partial charge in [-0.1, -0.05) is 0 Å². The number of pyridine rings is 1. The number of amides is 1. The monoisotopic (exact) mass is 278 g/mol. The van der Waals surface area contributed by atoms with Crippen molar-refractivity contribution in [1.29, 1.82) is 0 Å². The topological polar surface area (TPSA) is 71.2 Å². The van der Waals surface area contributed by atoms with E-state index in [0.29, 0.717) is 18.2 Å². The summed E-state index contributed by atoms with van der Waals surface area (Å²) in [6.07, 6.45) is 3.98. The second-order valence-electron chi connectivity index (χ2n) is 5.39. The molecule has 0 aliphatic heterocycles. The van der Waals surface area contributed by atoms with Crippen LogP contribution in [0, 0.1) is 0 Å². The van der Waals surface area contributed by atoms with Crippen molar-refractivity contribution < 1.29 is 4.79 Å². The molecule has 0 unspecified atom stereocenters. The first-order chi connectivity index (χ1) is 9.49. The Hall–Kier alpha value is -1.62. The standard InChI is InChI=1S/C15H26N4O/c1-12(2)19(3)9-5-4-8-17-15(20)10-14-7-6-13(16)11-18-14/h6-7,11-12H,4-5,8-10,16H2,1-3H3,(H,17,20). The molecule has 112 valence electrons. The first kappa shape index (κ1) is 16.4. The molecule has 5 nitrogen and oxygen atoms in total. The van der Waals surface area contributed by atoms with Crippen LogP contribution in [0.25, 0.3) is 0 Å². The Morgan fingerprint density at radius 2 is 2.15 bits per heavy atom. The van der Waals surface area contributed by atoms with Crippen molar-refractivity contribution in [2.24, 2.45) is 0 Å². The molecule has 0 bridgehead atoms. The molecular formula is C15H26N4O. The quantitative estimate of drug-likeness (QED) is 0.706. The first-order valence-corrected chi connectivity index (χ1v) is 7.16. The Morgan fingerprint density at radius 3 is 2.75 bits per heavy atom. The first-order valence-electron chi connectivity index (χ1n) is 7.16. The summed E-state index contributed by atoms with van der Waals surface area (Å²) in [6, 6.07) is 4.12. The van der Waals surface area contributed by atoms with Crippen molar-refractivity contribution in [3.63, 3.8) is 0 Å². The van der Waals surface area contributed by atoms with E-state index in [2.05, 4.69) is 36.1 Å². The second kappa shape index (κ2) is 8.53. The van der Waals surface area contributed by atoms with Gasteiger partial charge in [0.05, 0.1) is 18.3 Å². The number of nitrogens with zero attached hydrogens (tertiary/aromatic N) is 2. The third kappa shape index (κ3) is 6.52. The fourth-order valence-corrected chi connectivity index (χ4v) is 1.74. The number of aromatic nitrogens is 1. The van der Waals surface area contributed by atoms with Gasteiger partial charge < -0.3 is 16.0 Å². The highest BCUT2D eigenvalue weighted by molar-refractivity contribution is 5.78. The number of hydrogen-bond donors (Lipinski definition) is 2. The zero-order chi connectivity index (χ0) is 15.0. The highest BCUT2D eigenvalue weighted by atomic mass is 16.1. The molecule has 5 heteroatoms. The third-order valence-electron chi connectivity index (χ3n) is 3.33. The number of carbonyl (C=O) groups excluding carboxylic acids is 1. The van der Waals surface area contributed by atoms with Crippen LogP contribution in [0.5, 0.6) is 0 Å². The van der Waals surface area contributed by atoms with Gasteiger partial charge in [-0.2, -0.15) is 0 Å². The van der Waals surface area contributed by atoms with Gasteiger partial charge in [-0.05, 0) is 52.4 Å². The Balaban J connectivity index is 2.13. The van der Waals surface area contributed by atoms with Gasteiger partial charge in [-0.3, -0.25) is 9.78 Å². The van der Waals surface area contributed by atoms with Crippen molar-refractivity contribution in [3.05, 3.63) is 24.0 Å². The van der Waals surface area contributed by atoms with Crippen LogP contribution < -0.4 is 11.1 Å². The van der Waals surface area contributed by atoms with E-state index in [-0.39, 0.29) is 5.91 Å². The van der Waals surface area contributed by atoms with Gasteiger partial charge in [0.15, 0.2) is 0 Å². The molecule has 3 N–H and O–H groups in total. The lowest BCUT2D eigenvalue weighted by molar-refractivity contribution is -0.120. The third-order valence-corrected chi connectivity index (χ3v) is 3.33. The van der Waals surface area contributed by atoms with Crippen molar-refractivity contribution in [2.45, 2.75) is 39.2 Å². The SMILES string of the molecule is CC(C)N(C)CCCCNC(=O)Cc1ccc(N)cn1. The van der Waals surface area contributed by atoms with Gasteiger partial charge in [-0.25, -0.2) is 0 Å². The number of carbonyl (C=O) groups is 1. The Kier molecular flexibility index (Phi) is 7.01. The lowest BCUT2D eigenvalue weighted by Crippen LogP contribution is -2.29. The van der Waals surface area contributed by atoms with Gasteiger partial charge in [0.1, 0.15) is 0 Å². The largest absolute Gasteiger partial charge is 0.397 e. The minimum Gasteiger partial charge on any atom is -0.397 e. The fraction of sp³-hybridized carbons (Fsp3) is 0.600. The van der Waals surface area contributed by atoms with Crippen molar-refractivity contribution in [2.75, 3.05) is 25.9 Å². The summed E-state index contributed by atoms with van der Waals surface area (Å²) in [5.74, 6) is 0.0134. The van der Waals surface area contributed by atoms with E-state index in [1.165, 1.54) is 0 Å². The fourth-order valence-electron chi connectivity index (χ4n) is 1.74. The lowest BCUT2D eigenvalue weighted by atomic mass is 10.2. The second-order valence-corrected chi connectivity index (χ2v) is 5.39. The summed E-state index contributed by atoms with van der Waals surface area (Å²) in [4.78, 5) is 18.1. The number of nitrogens with one attached hydrogen (secondary N) is 1. The van der Waals surface area contributed by atoms with E-state index in [1.54, 1.807) is 18.3 Å². The molecule has 0 aromatic carbocycles. The van der Waals surface area contributed by atoms with Crippen molar-refractivity contribution >= 4 is 11.6 Å². The molecule has 0 aliphatic carbocycles. The summed E-state index contributed by atoms with van der Waals surface area (Å²) in [7, 11) is 2.12. The highest BCUT2D eigenvalue weighted by Crippen LogP contribution is 2.02. The number of anilines is 1. The molecule has 1 rings (SSSR count). The van der Waals surface area contributed by atoms with Gasteiger partial charge in [0.2, 0.25) is 5.91 Å². The lowest BCUT2D eigenvalue weighted by Gasteiger charge is -2.20. The predicted octanol–water partition coefficient (Wildman–Crippen LogP) is 1.44. The van der Waals surface area contributed by atoms with E-state index in [0.717, 1.165) is 31.6 Å². The molecular weight excluding hydrogens is 252 g/mol. The van der Waals surface area contributed by atoms with Crippen molar-refractivity contribution in [1.82, 2.24) is 15.2 Å². The number of rotatable bonds is 8. The van der Waals surface area contributed by atoms with E-state index >= 15 is 0 Å². The summed E-state index contributed by atoms with van der Waals surface area (Å²) in [5, 5.41) is 2.92. The number of unbranched alkanes of at least 4 members (excludes halogenated alkanes) is 1. The molecule has 0 atom stereocenters. The maximum Gasteiger partial charge on any atom is 0.226 e. The molecule has 1 heterocycles. The van der Waals surface area contributed by atoms with Crippen LogP contribution in [0.4, 0.5) is 5.69 Å². The van der Waals surface area contributed by atoms with E-state index in [1.807, 2.05) is 0 Å². The Labute approximate surface area is 121 Å². The Bertz CT molecular complexity index is 403. The van der Waals surface area contributed by atoms with Crippen LogP contribution >= 0.6 is 0 Å². The van der Waals surface area contributed by atoms with Crippen LogP contribution in [-0.4, -0.2) is 42.0 Å². The molecule has 1 aromatic rings. The van der Waals surface area contributed by atoms with Gasteiger partial charge in [0.25, 0.3) is 0 Å². The minimum atomic E-state index is 0.0134. The number of nitrogens with two attached hydrogens (primary N) is 1. The zero-order valence-corrected chi connectivity index (χ0v) is 12.7. The van der Waals surface area contributed by atoms with Crippen molar-refractivity contribution in [3.8, 4) is 0 Å². The zero-order valence-electron chi connectivity index (χ0n) is 12.7. The molecule has 0 saturated heterocycles. The predicted molar refractivity (Wildman–Crippen MR) is 82.4 cm³/mol. The summed E-state index contributed by atoms with van der Waals surface area (Å²) in [6.45, 7) is 6.15. The van der Waals surface area contributed by atoms with Crippen LogP contribution in [0.1, 0.15) is 32.4 Å². The minimum absolute atomic E-state index is 0.0134. The molecule has 0 radical (unpaired) electrons. The number of hydrogen-bond acceptors (Lipinski definition) is 4. The smallest absolute Gasteiger partial charge is 0.226 e. The van der Waals surface area contributed by atoms with Gasteiger partial charge >= 0.3 is 0 Å². The maximum absolute atomic E-state index is 11.7. The average Bonchev–Trinajstić information content (AvgIpc) is 2.40. The Morgan fingerprint density at radius 1 is 1.40 bits per heavy atom. The van der Waals surface area contributed by atoms with Gasteiger partial charge in [-0.15, -0.1) is 0 Å². The number of nitrogen functional groups attached to an aromatic ring is 1. The summed E-state index contributed by atoms with van der Waals surface area (Å²) >= 11 is 0. The highest BCUT2D eigenvalue weighted by Gasteiger charge is 2.05. The van der Waals surface area contributed by atoms with Crippen LogP contribution in [0.2, 0.25) is 0 Å². The molecule has 0 aliphatic rings. The van der Waals surface area contributed by atoms with E-state index < -0.39 is 0 Å². The van der Waals surface area contributed by atoms with E-state index in [9.17, 15) is 4.79 Å². The summed E-state index contributed by atoms with van der Waals surface area (Å²) < 4.78 is 0. The molecule has 0 fully saturated rings.